The maximum Gasteiger partial charge on any atom is 0.339 e. The Morgan fingerprint density at radius 2 is 1.86 bits per heavy atom. The van der Waals surface area contributed by atoms with Crippen LogP contribution in [0.1, 0.15) is 22.8 Å². The molecule has 116 valence electrons. The van der Waals surface area contributed by atoms with Crippen molar-refractivity contribution in [1.29, 1.82) is 0 Å². The van der Waals surface area contributed by atoms with Crippen molar-refractivity contribution < 1.29 is 21.8 Å². The smallest absolute Gasteiger partial charge is 0.339 e. The minimum absolute atomic E-state index is 0.0716. The van der Waals surface area contributed by atoms with Crippen LogP contribution in [-0.2, 0) is 10.1 Å². The van der Waals surface area contributed by atoms with E-state index in [1.54, 1.807) is 6.07 Å². The molecule has 0 saturated heterocycles. The van der Waals surface area contributed by atoms with E-state index in [1.807, 2.05) is 0 Å². The van der Waals surface area contributed by atoms with E-state index in [2.05, 4.69) is 15.9 Å². The Hall–Kier alpha value is -1.73. The number of hydrogen-bond acceptors (Lipinski definition) is 4. The van der Waals surface area contributed by atoms with Gasteiger partial charge in [-0.3, -0.25) is 4.79 Å². The summed E-state index contributed by atoms with van der Waals surface area (Å²) in [5.41, 5.74) is 0.323. The van der Waals surface area contributed by atoms with Gasteiger partial charge in [-0.2, -0.15) is 8.42 Å². The van der Waals surface area contributed by atoms with Gasteiger partial charge in [0.15, 0.2) is 11.5 Å². The molecule has 2 aromatic carbocycles. The third kappa shape index (κ3) is 3.53. The highest BCUT2D eigenvalue weighted by atomic mass is 79.9. The first-order chi connectivity index (χ1) is 10.2. The van der Waals surface area contributed by atoms with Crippen LogP contribution in [0.15, 0.2) is 45.8 Å². The van der Waals surface area contributed by atoms with Gasteiger partial charge in [0.2, 0.25) is 0 Å². The Bertz CT molecular complexity index is 847. The molecule has 2 aromatic rings. The number of aryl methyl sites for hydroxylation is 1. The third-order valence-electron chi connectivity index (χ3n) is 2.94. The molecule has 0 amide bonds. The number of carbonyl (C=O) groups is 1. The van der Waals surface area contributed by atoms with E-state index in [0.717, 1.165) is 12.1 Å². The van der Waals surface area contributed by atoms with Crippen LogP contribution in [0, 0.1) is 12.7 Å². The first kappa shape index (κ1) is 16.6. The molecule has 0 N–H and O–H groups in total. The van der Waals surface area contributed by atoms with Crippen molar-refractivity contribution in [2.24, 2.45) is 0 Å². The second-order valence-corrected chi connectivity index (χ2v) is 7.11. The molecule has 4 nitrogen and oxygen atoms in total. The van der Waals surface area contributed by atoms with Gasteiger partial charge in [0.25, 0.3) is 0 Å². The number of halogens is 2. The molecule has 0 fully saturated rings. The van der Waals surface area contributed by atoms with E-state index in [1.165, 1.54) is 32.0 Å². The summed E-state index contributed by atoms with van der Waals surface area (Å²) in [5, 5.41) is 0. The van der Waals surface area contributed by atoms with E-state index in [-0.39, 0.29) is 27.6 Å². The van der Waals surface area contributed by atoms with Gasteiger partial charge >= 0.3 is 10.1 Å². The molecule has 0 aliphatic rings. The summed E-state index contributed by atoms with van der Waals surface area (Å²) in [6.07, 6.45) is 0. The Morgan fingerprint density at radius 3 is 2.45 bits per heavy atom. The quantitative estimate of drug-likeness (QED) is 0.591. The van der Waals surface area contributed by atoms with Gasteiger partial charge in [-0.1, -0.05) is 15.9 Å². The van der Waals surface area contributed by atoms with Crippen molar-refractivity contribution >= 4 is 31.8 Å². The van der Waals surface area contributed by atoms with E-state index in [9.17, 15) is 17.6 Å². The molecule has 0 saturated carbocycles. The molecule has 0 radical (unpaired) electrons. The van der Waals surface area contributed by atoms with Gasteiger partial charge in [0.1, 0.15) is 10.7 Å². The molecule has 0 atom stereocenters. The van der Waals surface area contributed by atoms with Gasteiger partial charge in [0, 0.05) is 4.47 Å². The zero-order valence-electron chi connectivity index (χ0n) is 11.8. The monoisotopic (exact) mass is 386 g/mol. The minimum atomic E-state index is -4.16. The summed E-state index contributed by atoms with van der Waals surface area (Å²) in [7, 11) is -4.16. The summed E-state index contributed by atoms with van der Waals surface area (Å²) in [4.78, 5) is 11.4. The van der Waals surface area contributed by atoms with Crippen molar-refractivity contribution in [2.45, 2.75) is 18.7 Å². The van der Waals surface area contributed by atoms with E-state index in [0.29, 0.717) is 4.47 Å². The first-order valence-electron chi connectivity index (χ1n) is 6.22. The highest BCUT2D eigenvalue weighted by molar-refractivity contribution is 9.10. The topological polar surface area (TPSA) is 60.4 Å². The number of rotatable bonds is 4. The second-order valence-electron chi connectivity index (χ2n) is 4.65. The highest BCUT2D eigenvalue weighted by Gasteiger charge is 2.21. The van der Waals surface area contributed by atoms with Crippen LogP contribution in [-0.4, -0.2) is 14.2 Å². The largest absolute Gasteiger partial charge is 0.378 e. The molecule has 0 aliphatic carbocycles. The Labute approximate surface area is 136 Å². The minimum Gasteiger partial charge on any atom is -0.378 e. The van der Waals surface area contributed by atoms with Crippen molar-refractivity contribution in [2.75, 3.05) is 0 Å². The van der Waals surface area contributed by atoms with Crippen molar-refractivity contribution in [3.05, 3.63) is 57.8 Å². The molecular formula is C15H12BrFO4S. The maximum atomic E-state index is 13.2. The average molecular weight is 387 g/mol. The van der Waals surface area contributed by atoms with Crippen LogP contribution in [0.4, 0.5) is 4.39 Å². The lowest BCUT2D eigenvalue weighted by molar-refractivity contribution is 0.101. The van der Waals surface area contributed by atoms with Crippen molar-refractivity contribution in [1.82, 2.24) is 0 Å². The predicted octanol–water partition coefficient (Wildman–Crippen LogP) is 3.87. The van der Waals surface area contributed by atoms with Gasteiger partial charge < -0.3 is 4.18 Å². The predicted molar refractivity (Wildman–Crippen MR) is 83.1 cm³/mol. The van der Waals surface area contributed by atoms with Gasteiger partial charge in [-0.15, -0.1) is 0 Å². The molecule has 7 heteroatoms. The van der Waals surface area contributed by atoms with Crippen LogP contribution >= 0.6 is 15.9 Å². The molecule has 0 aliphatic heterocycles. The Kier molecular flexibility index (Phi) is 4.67. The van der Waals surface area contributed by atoms with E-state index in [4.69, 9.17) is 4.18 Å². The van der Waals surface area contributed by atoms with Crippen LogP contribution in [0.2, 0.25) is 0 Å². The number of Topliss-reactive ketones (excluding diaryl/α,β-unsaturated/α-hetero) is 1. The molecule has 0 unspecified atom stereocenters. The van der Waals surface area contributed by atoms with Crippen LogP contribution in [0.3, 0.4) is 0 Å². The fraction of sp³-hybridized carbons (Fsp3) is 0.133. The molecule has 0 bridgehead atoms. The summed E-state index contributed by atoms with van der Waals surface area (Å²) < 4.78 is 43.4. The first-order valence-corrected chi connectivity index (χ1v) is 8.42. The normalized spacial score (nSPS) is 11.3. The van der Waals surface area contributed by atoms with Gasteiger partial charge in [0.05, 0.1) is 5.56 Å². The number of carbonyl (C=O) groups excluding carboxylic acids is 1. The van der Waals surface area contributed by atoms with Gasteiger partial charge in [-0.25, -0.2) is 4.39 Å². The SMILES string of the molecule is CC(=O)c1cc(Br)ccc1OS(=O)(=O)c1ccc(F)c(C)c1. The lowest BCUT2D eigenvalue weighted by Gasteiger charge is -2.11. The highest BCUT2D eigenvalue weighted by Crippen LogP contribution is 2.27. The van der Waals surface area contributed by atoms with Crippen LogP contribution in [0.5, 0.6) is 5.75 Å². The zero-order chi connectivity index (χ0) is 16.5. The second kappa shape index (κ2) is 6.18. The molecule has 2 rings (SSSR count). The average Bonchev–Trinajstić information content (AvgIpc) is 2.43. The lowest BCUT2D eigenvalue weighted by atomic mass is 10.1. The van der Waals surface area contributed by atoms with Crippen molar-refractivity contribution in [3.8, 4) is 5.75 Å². The van der Waals surface area contributed by atoms with Crippen LogP contribution < -0.4 is 4.18 Å². The number of ketones is 1. The molecule has 0 aromatic heterocycles. The Morgan fingerprint density at radius 1 is 1.18 bits per heavy atom. The number of benzene rings is 2. The summed E-state index contributed by atoms with van der Waals surface area (Å²) in [5.74, 6) is -0.911. The maximum absolute atomic E-state index is 13.2. The van der Waals surface area contributed by atoms with E-state index < -0.39 is 15.9 Å². The fourth-order valence-corrected chi connectivity index (χ4v) is 3.18. The fourth-order valence-electron chi connectivity index (χ4n) is 1.79. The third-order valence-corrected chi connectivity index (χ3v) is 4.66. The molecule has 0 spiro atoms. The summed E-state index contributed by atoms with van der Waals surface area (Å²) >= 11 is 3.21. The van der Waals surface area contributed by atoms with Crippen molar-refractivity contribution in [3.63, 3.8) is 0 Å². The summed E-state index contributed by atoms with van der Waals surface area (Å²) in [6.45, 7) is 2.76. The molecule has 22 heavy (non-hydrogen) atoms. The zero-order valence-corrected chi connectivity index (χ0v) is 14.2. The Balaban J connectivity index is 2.45. The number of hydrogen-bond donors (Lipinski definition) is 0. The molecular weight excluding hydrogens is 375 g/mol. The molecule has 0 heterocycles. The summed E-state index contributed by atoms with van der Waals surface area (Å²) in [6, 6.07) is 7.77. The van der Waals surface area contributed by atoms with Gasteiger partial charge in [-0.05, 0) is 55.8 Å². The lowest BCUT2D eigenvalue weighted by Crippen LogP contribution is -2.12. The van der Waals surface area contributed by atoms with Crippen LogP contribution in [0.25, 0.3) is 0 Å². The van der Waals surface area contributed by atoms with E-state index >= 15 is 0 Å². The standard InChI is InChI=1S/C15H12BrFO4S/c1-9-7-12(4-5-14(9)17)22(19,20)21-15-6-3-11(16)8-13(15)10(2)18/h3-8H,1-2H3.